The third-order valence-electron chi connectivity index (χ3n) is 4.80. The first kappa shape index (κ1) is 25.2. The van der Waals surface area contributed by atoms with Crippen LogP contribution in [0.4, 0.5) is 17.6 Å². The van der Waals surface area contributed by atoms with Crippen LogP contribution in [-0.2, 0) is 23.2 Å². The number of fused-ring (bicyclic) bond motifs is 1. The molecule has 0 bridgehead atoms. The van der Waals surface area contributed by atoms with Crippen molar-refractivity contribution in [2.45, 2.75) is 30.7 Å². The van der Waals surface area contributed by atoms with Gasteiger partial charge in [-0.05, 0) is 5.56 Å². The summed E-state index contributed by atoms with van der Waals surface area (Å²) in [4.78, 5) is 11.1. The Bertz CT molecular complexity index is 1310. The maximum Gasteiger partial charge on any atom is 0.387 e. The number of aromatic nitrogens is 3. The highest BCUT2D eigenvalue weighted by Crippen LogP contribution is 2.34. The van der Waals surface area contributed by atoms with Crippen LogP contribution < -0.4 is 18.9 Å². The molecule has 36 heavy (non-hydrogen) atoms. The molecule has 0 saturated carbocycles. The Labute approximate surface area is 204 Å². The fourth-order valence-electron chi connectivity index (χ4n) is 3.23. The van der Waals surface area contributed by atoms with Crippen LogP contribution in [-0.4, -0.2) is 39.5 Å². The van der Waals surface area contributed by atoms with Crippen molar-refractivity contribution in [1.29, 1.82) is 0 Å². The van der Waals surface area contributed by atoms with Gasteiger partial charge >= 0.3 is 13.2 Å². The monoisotopic (exact) mass is 525 g/mol. The van der Waals surface area contributed by atoms with Crippen molar-refractivity contribution in [2.24, 2.45) is 0 Å². The second kappa shape index (κ2) is 11.2. The van der Waals surface area contributed by atoms with Gasteiger partial charge in [-0.1, -0.05) is 30.3 Å². The number of nitrogens with one attached hydrogen (secondary N) is 1. The first-order chi connectivity index (χ1) is 17.3. The molecule has 4 aromatic rings. The lowest BCUT2D eigenvalue weighted by Gasteiger charge is -2.11. The van der Waals surface area contributed by atoms with Crippen LogP contribution in [0, 0.1) is 0 Å². The largest absolute Gasteiger partial charge is 0.493 e. The summed E-state index contributed by atoms with van der Waals surface area (Å²) in [5, 5.41) is -0.0210. The molecule has 0 radical (unpaired) electrons. The van der Waals surface area contributed by atoms with Crippen molar-refractivity contribution in [3.05, 3.63) is 66.0 Å². The topological polar surface area (TPSA) is 95.6 Å². The summed E-state index contributed by atoms with van der Waals surface area (Å²) in [7, 11) is -0.294. The SMILES string of the molecule is COc1cc(CS(=O)c2nc3cc(OC(F)F)c(OC(F)F)cc3[nH]2)ncc1OCc1ccccc1. The number of pyridine rings is 1. The van der Waals surface area contributed by atoms with Gasteiger partial charge in [-0.2, -0.15) is 17.6 Å². The Morgan fingerprint density at radius 2 is 1.64 bits per heavy atom. The van der Waals surface area contributed by atoms with Gasteiger partial charge in [-0.3, -0.25) is 9.19 Å². The van der Waals surface area contributed by atoms with Gasteiger partial charge in [0.05, 0.1) is 46.6 Å². The van der Waals surface area contributed by atoms with Crippen LogP contribution >= 0.6 is 0 Å². The molecule has 2 aromatic carbocycles. The predicted molar refractivity (Wildman–Crippen MR) is 121 cm³/mol. The molecule has 0 spiro atoms. The molecule has 8 nitrogen and oxygen atoms in total. The predicted octanol–water partition coefficient (Wildman–Crippen LogP) is 5.06. The van der Waals surface area contributed by atoms with Crippen molar-refractivity contribution in [1.82, 2.24) is 15.0 Å². The van der Waals surface area contributed by atoms with Crippen molar-refractivity contribution < 1.29 is 40.7 Å². The summed E-state index contributed by atoms with van der Waals surface area (Å²) in [6.45, 7) is -6.23. The molecule has 1 unspecified atom stereocenters. The van der Waals surface area contributed by atoms with E-state index in [-0.39, 0.29) is 21.9 Å². The molecule has 0 aliphatic carbocycles. The number of alkyl halides is 4. The van der Waals surface area contributed by atoms with Crippen molar-refractivity contribution >= 4 is 21.8 Å². The molecule has 0 fully saturated rings. The van der Waals surface area contributed by atoms with Gasteiger partial charge in [-0.25, -0.2) is 4.98 Å². The number of rotatable bonds is 11. The zero-order valence-corrected chi connectivity index (χ0v) is 19.4. The van der Waals surface area contributed by atoms with Gasteiger partial charge in [-0.15, -0.1) is 0 Å². The lowest BCUT2D eigenvalue weighted by Crippen LogP contribution is -2.07. The van der Waals surface area contributed by atoms with E-state index in [1.807, 2.05) is 30.3 Å². The molecule has 2 heterocycles. The number of aromatic amines is 1. The minimum Gasteiger partial charge on any atom is -0.493 e. The van der Waals surface area contributed by atoms with E-state index < -0.39 is 35.5 Å². The average Bonchev–Trinajstić information content (AvgIpc) is 3.26. The molecule has 0 aliphatic rings. The Morgan fingerprint density at radius 1 is 0.944 bits per heavy atom. The zero-order valence-electron chi connectivity index (χ0n) is 18.6. The summed E-state index contributed by atoms with van der Waals surface area (Å²) >= 11 is 0. The van der Waals surface area contributed by atoms with Gasteiger partial charge in [0.2, 0.25) is 0 Å². The van der Waals surface area contributed by atoms with E-state index in [1.165, 1.54) is 13.3 Å². The number of hydrogen-bond acceptors (Lipinski definition) is 7. The Balaban J connectivity index is 1.51. The van der Waals surface area contributed by atoms with Crippen LogP contribution in [0.1, 0.15) is 11.3 Å². The maximum absolute atomic E-state index is 12.9. The third kappa shape index (κ3) is 6.22. The van der Waals surface area contributed by atoms with Gasteiger partial charge in [0, 0.05) is 18.2 Å². The number of methoxy groups -OCH3 is 1. The van der Waals surface area contributed by atoms with E-state index in [4.69, 9.17) is 9.47 Å². The number of ether oxygens (including phenoxy) is 4. The van der Waals surface area contributed by atoms with E-state index in [2.05, 4.69) is 24.4 Å². The fourth-order valence-corrected chi connectivity index (χ4v) is 4.22. The molecule has 190 valence electrons. The Hall–Kier alpha value is -3.87. The Kier molecular flexibility index (Phi) is 7.88. The molecule has 0 amide bonds. The molecule has 4 rings (SSSR count). The van der Waals surface area contributed by atoms with Gasteiger partial charge in [0.25, 0.3) is 0 Å². The maximum atomic E-state index is 12.9. The van der Waals surface area contributed by atoms with Crippen LogP contribution in [0.5, 0.6) is 23.0 Å². The van der Waals surface area contributed by atoms with E-state index in [0.717, 1.165) is 17.7 Å². The highest BCUT2D eigenvalue weighted by Gasteiger charge is 2.20. The number of H-pyrrole nitrogens is 1. The highest BCUT2D eigenvalue weighted by molar-refractivity contribution is 7.84. The van der Waals surface area contributed by atoms with Crippen molar-refractivity contribution in [2.75, 3.05) is 7.11 Å². The Morgan fingerprint density at radius 3 is 2.31 bits per heavy atom. The number of hydrogen-bond donors (Lipinski definition) is 1. The summed E-state index contributed by atoms with van der Waals surface area (Å²) in [5.74, 6) is -0.524. The quantitative estimate of drug-likeness (QED) is 0.274. The molecular weight excluding hydrogens is 506 g/mol. The number of nitrogens with zero attached hydrogens (tertiary/aromatic N) is 2. The lowest BCUT2D eigenvalue weighted by molar-refractivity contribution is -0.0690. The normalized spacial score (nSPS) is 12.2. The molecule has 1 N–H and O–H groups in total. The van der Waals surface area contributed by atoms with Crippen LogP contribution in [0.25, 0.3) is 11.0 Å². The average molecular weight is 525 g/mol. The fraction of sp³-hybridized carbons (Fsp3) is 0.217. The zero-order chi connectivity index (χ0) is 25.7. The summed E-state index contributed by atoms with van der Waals surface area (Å²) in [5.41, 5.74) is 1.58. The summed E-state index contributed by atoms with van der Waals surface area (Å²) in [6, 6.07) is 13.1. The second-order valence-corrected chi connectivity index (χ2v) is 8.57. The molecule has 0 aliphatic heterocycles. The van der Waals surface area contributed by atoms with E-state index >= 15 is 0 Å². The first-order valence-electron chi connectivity index (χ1n) is 10.3. The molecule has 0 saturated heterocycles. The number of imidazole rings is 1. The highest BCUT2D eigenvalue weighted by atomic mass is 32.2. The van der Waals surface area contributed by atoms with E-state index in [9.17, 15) is 21.8 Å². The standard InChI is InChI=1S/C23H19F4N3O5S/c1-32-17-7-14(28-10-20(17)33-11-13-5-3-2-4-6-13)12-36(31)23-29-15-8-18(34-21(24)25)19(35-22(26)27)9-16(15)30-23/h2-10,21-22H,11-12H2,1H3,(H,29,30). The third-order valence-corrected chi connectivity index (χ3v) is 5.98. The number of halogens is 4. The first-order valence-corrected chi connectivity index (χ1v) is 11.7. The lowest BCUT2D eigenvalue weighted by atomic mass is 10.2. The smallest absolute Gasteiger partial charge is 0.387 e. The molecule has 1 atom stereocenters. The van der Waals surface area contributed by atoms with E-state index in [0.29, 0.717) is 23.8 Å². The number of benzene rings is 2. The molecular formula is C23H19F4N3O5S. The second-order valence-electron chi connectivity index (χ2n) is 7.21. The van der Waals surface area contributed by atoms with Gasteiger partial charge < -0.3 is 23.9 Å². The van der Waals surface area contributed by atoms with Crippen LogP contribution in [0.3, 0.4) is 0 Å². The van der Waals surface area contributed by atoms with Gasteiger partial charge in [0.15, 0.2) is 28.2 Å². The van der Waals surface area contributed by atoms with Crippen molar-refractivity contribution in [3.8, 4) is 23.0 Å². The van der Waals surface area contributed by atoms with Crippen molar-refractivity contribution in [3.63, 3.8) is 0 Å². The minimum absolute atomic E-state index is 0.0210. The summed E-state index contributed by atoms with van der Waals surface area (Å²) < 4.78 is 83.2. The van der Waals surface area contributed by atoms with Gasteiger partial charge in [0.1, 0.15) is 6.61 Å². The van der Waals surface area contributed by atoms with Crippen LogP contribution in [0.15, 0.2) is 59.9 Å². The van der Waals surface area contributed by atoms with Crippen LogP contribution in [0.2, 0.25) is 0 Å². The summed E-state index contributed by atoms with van der Waals surface area (Å²) in [6.07, 6.45) is 1.45. The minimum atomic E-state index is -3.27. The molecule has 13 heteroatoms. The van der Waals surface area contributed by atoms with E-state index in [1.54, 1.807) is 6.07 Å². The molecule has 2 aromatic heterocycles.